The number of benzene rings is 1. The zero-order valence-corrected chi connectivity index (χ0v) is 20.5. The molecule has 190 valence electrons. The van der Waals surface area contributed by atoms with Gasteiger partial charge in [-0.25, -0.2) is 0 Å². The molecule has 3 aromatic rings. The van der Waals surface area contributed by atoms with Gasteiger partial charge in [0.15, 0.2) is 17.3 Å². The van der Waals surface area contributed by atoms with Gasteiger partial charge < -0.3 is 19.2 Å². The summed E-state index contributed by atoms with van der Waals surface area (Å²) in [7, 11) is 0. The zero-order chi connectivity index (χ0) is 25.1. The second-order valence-electron chi connectivity index (χ2n) is 9.06. The van der Waals surface area contributed by atoms with E-state index in [1.54, 1.807) is 30.3 Å². The van der Waals surface area contributed by atoms with Crippen LogP contribution in [0.2, 0.25) is 0 Å². The molecule has 1 saturated carbocycles. The zero-order valence-electron chi connectivity index (χ0n) is 20.5. The Morgan fingerprint density at radius 2 is 1.92 bits per heavy atom. The van der Waals surface area contributed by atoms with E-state index < -0.39 is 6.04 Å². The number of rotatable bonds is 8. The van der Waals surface area contributed by atoms with Crippen molar-refractivity contribution in [3.05, 3.63) is 36.1 Å². The van der Waals surface area contributed by atoms with Gasteiger partial charge in [-0.1, -0.05) is 19.8 Å². The molecule has 1 atom stereocenters. The molecular formula is C25H30N6O5. The van der Waals surface area contributed by atoms with Crippen molar-refractivity contribution in [1.29, 1.82) is 0 Å². The molecule has 1 fully saturated rings. The van der Waals surface area contributed by atoms with E-state index in [4.69, 9.17) is 13.9 Å². The Hall–Kier alpha value is -3.89. The van der Waals surface area contributed by atoms with E-state index in [-0.39, 0.29) is 30.2 Å². The van der Waals surface area contributed by atoms with Crippen LogP contribution < -0.4 is 19.7 Å². The van der Waals surface area contributed by atoms with Gasteiger partial charge in [-0.05, 0) is 55.7 Å². The summed E-state index contributed by atoms with van der Waals surface area (Å²) in [5, 5.41) is 15.5. The number of carbonyl (C=O) groups excluding carboxylic acids is 2. The largest absolute Gasteiger partial charge is 0.486 e. The molecule has 2 aromatic heterocycles. The lowest BCUT2D eigenvalue weighted by Crippen LogP contribution is -2.52. The topological polar surface area (TPSA) is 125 Å². The molecule has 0 radical (unpaired) electrons. The molecule has 0 spiro atoms. The standard InChI is InChI=1S/C25H30N6O5/c1-3-19(25(33)26-17-6-4-5-7-17)31(18-9-11-20-22(14-18)35-13-12-34-20)23(32)15-30-28-24(27-29-30)21-10-8-16(2)36-21/h8-11,14,17,19H,3-7,12-13,15H2,1-2H3,(H,26,33)/t19-/m1/s1. The molecule has 0 unspecified atom stereocenters. The van der Waals surface area contributed by atoms with Gasteiger partial charge in [-0.3, -0.25) is 14.5 Å². The summed E-state index contributed by atoms with van der Waals surface area (Å²) in [5.41, 5.74) is 0.541. The van der Waals surface area contributed by atoms with Crippen LogP contribution in [0.5, 0.6) is 11.5 Å². The number of hydrogen-bond acceptors (Lipinski definition) is 8. The predicted octanol–water partition coefficient (Wildman–Crippen LogP) is 2.88. The monoisotopic (exact) mass is 494 g/mol. The third-order valence-corrected chi connectivity index (χ3v) is 6.47. The van der Waals surface area contributed by atoms with Gasteiger partial charge >= 0.3 is 0 Å². The maximum Gasteiger partial charge on any atom is 0.251 e. The Balaban J connectivity index is 1.42. The molecule has 1 aliphatic carbocycles. The van der Waals surface area contributed by atoms with E-state index in [0.717, 1.165) is 31.4 Å². The van der Waals surface area contributed by atoms with Gasteiger partial charge in [0.1, 0.15) is 31.6 Å². The van der Waals surface area contributed by atoms with Crippen molar-refractivity contribution < 1.29 is 23.5 Å². The summed E-state index contributed by atoms with van der Waals surface area (Å²) in [4.78, 5) is 29.8. The lowest BCUT2D eigenvalue weighted by atomic mass is 10.1. The Morgan fingerprint density at radius 1 is 1.14 bits per heavy atom. The van der Waals surface area contributed by atoms with Crippen molar-refractivity contribution in [2.75, 3.05) is 18.1 Å². The van der Waals surface area contributed by atoms with Gasteiger partial charge in [0.2, 0.25) is 11.7 Å². The normalized spacial score (nSPS) is 16.1. The maximum absolute atomic E-state index is 13.7. The number of ether oxygens (including phenoxy) is 2. The fourth-order valence-corrected chi connectivity index (χ4v) is 4.69. The number of tetrazole rings is 1. The van der Waals surface area contributed by atoms with Gasteiger partial charge in [0, 0.05) is 17.8 Å². The van der Waals surface area contributed by atoms with Gasteiger partial charge in [0.25, 0.3) is 5.91 Å². The highest BCUT2D eigenvalue weighted by molar-refractivity contribution is 6.01. The van der Waals surface area contributed by atoms with Crippen LogP contribution in [0.25, 0.3) is 11.6 Å². The molecule has 5 rings (SSSR count). The lowest BCUT2D eigenvalue weighted by molar-refractivity contribution is -0.127. The molecule has 2 aliphatic rings. The number of fused-ring (bicyclic) bond motifs is 1. The first-order valence-corrected chi connectivity index (χ1v) is 12.4. The summed E-state index contributed by atoms with van der Waals surface area (Å²) in [6.45, 7) is 4.40. The second kappa shape index (κ2) is 10.4. The van der Waals surface area contributed by atoms with Crippen LogP contribution in [0.4, 0.5) is 5.69 Å². The molecule has 11 heteroatoms. The van der Waals surface area contributed by atoms with Crippen LogP contribution in [0.1, 0.15) is 44.8 Å². The van der Waals surface area contributed by atoms with Crippen LogP contribution >= 0.6 is 0 Å². The second-order valence-corrected chi connectivity index (χ2v) is 9.06. The first-order chi connectivity index (χ1) is 17.5. The Kier molecular flexibility index (Phi) is 6.88. The summed E-state index contributed by atoms with van der Waals surface area (Å²) in [6, 6.07) is 8.25. The minimum absolute atomic E-state index is 0.139. The van der Waals surface area contributed by atoms with Crippen LogP contribution in [0, 0.1) is 6.92 Å². The van der Waals surface area contributed by atoms with E-state index in [9.17, 15) is 9.59 Å². The van der Waals surface area contributed by atoms with Gasteiger partial charge in [0.05, 0.1) is 0 Å². The summed E-state index contributed by atoms with van der Waals surface area (Å²) in [5.74, 6) is 2.10. The van der Waals surface area contributed by atoms with E-state index in [0.29, 0.717) is 42.6 Å². The summed E-state index contributed by atoms with van der Waals surface area (Å²) in [6.07, 6.45) is 4.54. The average molecular weight is 495 g/mol. The van der Waals surface area contributed by atoms with E-state index in [2.05, 4.69) is 20.7 Å². The van der Waals surface area contributed by atoms with Crippen LogP contribution in [0.15, 0.2) is 34.7 Å². The van der Waals surface area contributed by atoms with Crippen LogP contribution in [0.3, 0.4) is 0 Å². The third-order valence-electron chi connectivity index (χ3n) is 6.47. The van der Waals surface area contributed by atoms with E-state index in [1.165, 1.54) is 9.70 Å². The van der Waals surface area contributed by atoms with Gasteiger partial charge in [-0.15, -0.1) is 10.2 Å². The molecule has 2 amide bonds. The number of nitrogens with zero attached hydrogens (tertiary/aromatic N) is 5. The van der Waals surface area contributed by atoms with E-state index in [1.807, 2.05) is 13.8 Å². The number of aryl methyl sites for hydroxylation is 1. The van der Waals surface area contributed by atoms with Crippen molar-refractivity contribution in [3.63, 3.8) is 0 Å². The average Bonchev–Trinajstić information content (AvgIpc) is 3.65. The number of hydrogen-bond donors (Lipinski definition) is 1. The highest BCUT2D eigenvalue weighted by atomic mass is 16.6. The van der Waals surface area contributed by atoms with Crippen LogP contribution in [-0.2, 0) is 16.1 Å². The summed E-state index contributed by atoms with van der Waals surface area (Å²) < 4.78 is 16.9. The Bertz CT molecular complexity index is 1230. The van der Waals surface area contributed by atoms with Crippen molar-refractivity contribution in [1.82, 2.24) is 25.5 Å². The molecule has 1 aromatic carbocycles. The minimum atomic E-state index is -0.712. The number of anilines is 1. The van der Waals surface area contributed by atoms with Crippen molar-refractivity contribution in [2.24, 2.45) is 0 Å². The minimum Gasteiger partial charge on any atom is -0.486 e. The SMILES string of the molecule is CC[C@H](C(=O)NC1CCCC1)N(C(=O)Cn1nnc(-c2ccc(C)o2)n1)c1ccc2c(c1)OCCO2. The molecule has 1 N–H and O–H groups in total. The van der Waals surface area contributed by atoms with E-state index >= 15 is 0 Å². The fraction of sp³-hybridized carbons (Fsp3) is 0.480. The van der Waals surface area contributed by atoms with Crippen molar-refractivity contribution in [2.45, 2.75) is 64.6 Å². The molecule has 3 heterocycles. The fourth-order valence-electron chi connectivity index (χ4n) is 4.69. The number of carbonyl (C=O) groups is 2. The number of aromatic nitrogens is 4. The lowest BCUT2D eigenvalue weighted by Gasteiger charge is -2.32. The molecule has 1 aliphatic heterocycles. The molecule has 0 bridgehead atoms. The molecule has 0 saturated heterocycles. The van der Waals surface area contributed by atoms with Crippen molar-refractivity contribution >= 4 is 17.5 Å². The summed E-state index contributed by atoms with van der Waals surface area (Å²) >= 11 is 0. The first kappa shape index (κ1) is 23.8. The highest BCUT2D eigenvalue weighted by Gasteiger charge is 2.33. The van der Waals surface area contributed by atoms with Gasteiger partial charge in [-0.2, -0.15) is 4.80 Å². The highest BCUT2D eigenvalue weighted by Crippen LogP contribution is 2.35. The third kappa shape index (κ3) is 5.05. The predicted molar refractivity (Wildman–Crippen MR) is 130 cm³/mol. The number of nitrogens with one attached hydrogen (secondary N) is 1. The van der Waals surface area contributed by atoms with Crippen molar-refractivity contribution in [3.8, 4) is 23.1 Å². The smallest absolute Gasteiger partial charge is 0.251 e. The number of furan rings is 1. The van der Waals surface area contributed by atoms with Crippen LogP contribution in [-0.4, -0.2) is 57.3 Å². The Morgan fingerprint density at radius 3 is 2.64 bits per heavy atom. The molecule has 36 heavy (non-hydrogen) atoms. The number of amides is 2. The maximum atomic E-state index is 13.7. The first-order valence-electron chi connectivity index (χ1n) is 12.4. The quantitative estimate of drug-likeness (QED) is 0.507. The Labute approximate surface area is 208 Å². The molecule has 11 nitrogen and oxygen atoms in total. The molecular weight excluding hydrogens is 464 g/mol.